The van der Waals surface area contributed by atoms with E-state index < -0.39 is 5.91 Å². The van der Waals surface area contributed by atoms with E-state index in [9.17, 15) is 9.90 Å². The van der Waals surface area contributed by atoms with Crippen molar-refractivity contribution in [2.45, 2.75) is 57.0 Å². The van der Waals surface area contributed by atoms with Gasteiger partial charge in [-0.2, -0.15) is 0 Å². The lowest BCUT2D eigenvalue weighted by Gasteiger charge is -2.27. The first-order chi connectivity index (χ1) is 14.6. The van der Waals surface area contributed by atoms with Crippen molar-refractivity contribution in [3.8, 4) is 0 Å². The first kappa shape index (κ1) is 22.2. The van der Waals surface area contributed by atoms with Crippen molar-refractivity contribution in [3.63, 3.8) is 0 Å². The molecule has 2 aromatic rings. The van der Waals surface area contributed by atoms with Crippen LogP contribution in [0.15, 0.2) is 45.4 Å². The van der Waals surface area contributed by atoms with Crippen LogP contribution in [0.1, 0.15) is 56.8 Å². The number of carbonyl (C=O) groups excluding carboxylic acids is 1. The minimum absolute atomic E-state index is 0.0599. The highest BCUT2D eigenvalue weighted by molar-refractivity contribution is 7.97. The zero-order valence-corrected chi connectivity index (χ0v) is 18.3. The van der Waals surface area contributed by atoms with Gasteiger partial charge < -0.3 is 24.0 Å². The number of rotatable bonds is 11. The lowest BCUT2D eigenvalue weighted by atomic mass is 10.1. The van der Waals surface area contributed by atoms with E-state index in [1.807, 2.05) is 18.2 Å². The third-order valence-corrected chi connectivity index (χ3v) is 5.83. The van der Waals surface area contributed by atoms with Gasteiger partial charge in [0.15, 0.2) is 23.0 Å². The number of nitrogens with zero attached hydrogens (tertiary/aromatic N) is 2. The first-order valence-corrected chi connectivity index (χ1v) is 11.2. The molecule has 0 saturated heterocycles. The molecule has 0 aliphatic carbocycles. The number of aromatic nitrogens is 1. The Morgan fingerprint density at radius 3 is 2.83 bits per heavy atom. The molecular weight excluding hydrogens is 402 g/mol. The summed E-state index contributed by atoms with van der Waals surface area (Å²) in [5.41, 5.74) is 0.803. The van der Waals surface area contributed by atoms with Crippen LogP contribution in [0, 0.1) is 0 Å². The molecule has 1 aliphatic rings. The number of ether oxygens (including phenoxy) is 1. The van der Waals surface area contributed by atoms with Gasteiger partial charge in [0.2, 0.25) is 0 Å². The molecule has 1 aromatic heterocycles. The minimum atomic E-state index is -0.454. The summed E-state index contributed by atoms with van der Waals surface area (Å²) in [6.07, 6.45) is 7.27. The third kappa shape index (κ3) is 5.79. The molecule has 2 heterocycles. The summed E-state index contributed by atoms with van der Waals surface area (Å²) >= 11 is 1.38. The summed E-state index contributed by atoms with van der Waals surface area (Å²) in [7, 11) is 1.73. The lowest BCUT2D eigenvalue weighted by Crippen LogP contribution is -2.27. The summed E-state index contributed by atoms with van der Waals surface area (Å²) in [4.78, 5) is 13.6. The summed E-state index contributed by atoms with van der Waals surface area (Å²) in [5.74, 6) is 0.321. The lowest BCUT2D eigenvalue weighted by molar-refractivity contribution is -0.113. The van der Waals surface area contributed by atoms with Crippen molar-refractivity contribution >= 4 is 29.4 Å². The molecule has 2 N–H and O–H groups in total. The molecule has 8 heteroatoms. The van der Waals surface area contributed by atoms with Crippen molar-refractivity contribution < 1.29 is 19.2 Å². The number of hydrogen-bond donors (Lipinski definition) is 2. The molecule has 0 fully saturated rings. The van der Waals surface area contributed by atoms with Crippen LogP contribution >= 0.6 is 11.9 Å². The van der Waals surface area contributed by atoms with Crippen LogP contribution in [0.5, 0.6) is 0 Å². The Bertz CT molecular complexity index is 881. The quantitative estimate of drug-likeness (QED) is 0.365. The second kappa shape index (κ2) is 11.1. The molecule has 162 valence electrons. The average molecular weight is 432 g/mol. The molecule has 0 atom stereocenters. The van der Waals surface area contributed by atoms with Gasteiger partial charge in [-0.15, -0.1) is 0 Å². The van der Waals surface area contributed by atoms with Gasteiger partial charge in [-0.25, -0.2) is 0 Å². The molecule has 7 nitrogen and oxygen atoms in total. The van der Waals surface area contributed by atoms with Crippen molar-refractivity contribution in [1.29, 1.82) is 0 Å². The SMILES string of the molecule is CCCCCCCCOCc1cc(NC(=O)C2=C(O)c3ccccc3SN2C)no1. The molecule has 1 aromatic carbocycles. The number of carbonyl (C=O) groups is 1. The van der Waals surface area contributed by atoms with Gasteiger partial charge in [0.1, 0.15) is 6.61 Å². The van der Waals surface area contributed by atoms with Crippen LogP contribution < -0.4 is 5.32 Å². The van der Waals surface area contributed by atoms with Crippen molar-refractivity contribution in [3.05, 3.63) is 47.4 Å². The predicted molar refractivity (Wildman–Crippen MR) is 118 cm³/mol. The number of fused-ring (bicyclic) bond motifs is 1. The first-order valence-electron chi connectivity index (χ1n) is 10.4. The molecule has 1 amide bonds. The molecule has 0 saturated carbocycles. The van der Waals surface area contributed by atoms with Gasteiger partial charge in [0.25, 0.3) is 5.91 Å². The fourth-order valence-corrected chi connectivity index (χ4v) is 4.19. The average Bonchev–Trinajstić information content (AvgIpc) is 3.17. The van der Waals surface area contributed by atoms with Gasteiger partial charge in [0.05, 0.1) is 0 Å². The predicted octanol–water partition coefficient (Wildman–Crippen LogP) is 5.37. The van der Waals surface area contributed by atoms with Crippen LogP contribution in [0.25, 0.3) is 5.76 Å². The van der Waals surface area contributed by atoms with Crippen LogP contribution in [-0.4, -0.2) is 34.1 Å². The number of aliphatic hydroxyl groups is 1. The highest BCUT2D eigenvalue weighted by atomic mass is 32.2. The van der Waals surface area contributed by atoms with E-state index in [0.29, 0.717) is 24.5 Å². The number of unbranched alkanes of at least 4 members (excludes halogenated alkanes) is 5. The van der Waals surface area contributed by atoms with E-state index in [1.165, 1.54) is 44.1 Å². The normalized spacial score (nSPS) is 13.5. The zero-order chi connectivity index (χ0) is 21.3. The second-order valence-corrected chi connectivity index (χ2v) is 8.41. The Labute approximate surface area is 181 Å². The van der Waals surface area contributed by atoms with Gasteiger partial charge in [-0.3, -0.25) is 4.79 Å². The molecule has 1 aliphatic heterocycles. The maximum Gasteiger partial charge on any atom is 0.277 e. The van der Waals surface area contributed by atoms with E-state index in [2.05, 4.69) is 17.4 Å². The van der Waals surface area contributed by atoms with E-state index in [0.717, 1.165) is 11.3 Å². The summed E-state index contributed by atoms with van der Waals surface area (Å²) in [6.45, 7) is 3.20. The van der Waals surface area contributed by atoms with Crippen molar-refractivity contribution in [2.75, 3.05) is 19.0 Å². The monoisotopic (exact) mass is 431 g/mol. The van der Waals surface area contributed by atoms with Gasteiger partial charge >= 0.3 is 0 Å². The van der Waals surface area contributed by atoms with Crippen LogP contribution in [-0.2, 0) is 16.1 Å². The Morgan fingerprint density at radius 1 is 1.23 bits per heavy atom. The number of nitrogens with one attached hydrogen (secondary N) is 1. The van der Waals surface area contributed by atoms with Crippen molar-refractivity contribution in [2.24, 2.45) is 0 Å². The maximum absolute atomic E-state index is 12.7. The fraction of sp³-hybridized carbons (Fsp3) is 0.455. The number of benzene rings is 1. The van der Waals surface area contributed by atoms with Crippen LogP contribution in [0.2, 0.25) is 0 Å². The van der Waals surface area contributed by atoms with Crippen LogP contribution in [0.3, 0.4) is 0 Å². The number of amides is 1. The maximum atomic E-state index is 12.7. The second-order valence-electron chi connectivity index (χ2n) is 7.24. The van der Waals surface area contributed by atoms with E-state index in [1.54, 1.807) is 23.5 Å². The van der Waals surface area contributed by atoms with E-state index in [4.69, 9.17) is 9.26 Å². The summed E-state index contributed by atoms with van der Waals surface area (Å²) < 4.78 is 12.5. The number of aliphatic hydroxyl groups excluding tert-OH is 1. The van der Waals surface area contributed by atoms with E-state index >= 15 is 0 Å². The summed E-state index contributed by atoms with van der Waals surface area (Å²) in [5, 5.41) is 17.1. The fourth-order valence-electron chi connectivity index (χ4n) is 3.23. The van der Waals surface area contributed by atoms with Crippen LogP contribution in [0.4, 0.5) is 5.82 Å². The molecule has 30 heavy (non-hydrogen) atoms. The Kier molecular flexibility index (Phi) is 8.21. The van der Waals surface area contributed by atoms with Gasteiger partial charge in [0, 0.05) is 30.2 Å². The van der Waals surface area contributed by atoms with Gasteiger partial charge in [-0.1, -0.05) is 56.3 Å². The Morgan fingerprint density at radius 2 is 2.00 bits per heavy atom. The number of hydrogen-bond acceptors (Lipinski definition) is 7. The third-order valence-electron chi connectivity index (χ3n) is 4.82. The Balaban J connectivity index is 1.49. The molecule has 0 radical (unpaired) electrons. The molecule has 3 rings (SSSR count). The molecule has 0 bridgehead atoms. The van der Waals surface area contributed by atoms with E-state index in [-0.39, 0.29) is 17.3 Å². The molecule has 0 unspecified atom stereocenters. The minimum Gasteiger partial charge on any atom is -0.505 e. The number of likely N-dealkylation sites (N-methyl/N-ethyl adjacent to an activating group) is 1. The number of anilines is 1. The standard InChI is InChI=1S/C22H29N3O4S/c1-3-4-5-6-7-10-13-28-15-16-14-19(24-29-16)23-22(27)20-21(26)17-11-8-9-12-18(17)30-25(20)2/h8-9,11-12,14,26H,3-7,10,13,15H2,1-2H3,(H,23,24,27). The summed E-state index contributed by atoms with van der Waals surface area (Å²) in [6, 6.07) is 9.04. The largest absolute Gasteiger partial charge is 0.505 e. The van der Waals surface area contributed by atoms with Gasteiger partial charge in [-0.05, 0) is 30.5 Å². The van der Waals surface area contributed by atoms with Crippen molar-refractivity contribution in [1.82, 2.24) is 9.46 Å². The Hall–Kier alpha value is -2.45. The highest BCUT2D eigenvalue weighted by Gasteiger charge is 2.28. The highest BCUT2D eigenvalue weighted by Crippen LogP contribution is 2.38. The smallest absolute Gasteiger partial charge is 0.277 e. The zero-order valence-electron chi connectivity index (χ0n) is 17.5. The topological polar surface area (TPSA) is 87.8 Å². The molecular formula is C22H29N3O4S. The molecule has 0 spiro atoms.